The van der Waals surface area contributed by atoms with E-state index in [1.54, 1.807) is 13.2 Å². The number of ether oxygens (including phenoxy) is 3. The maximum Gasteiger partial charge on any atom is 0.231 e. The van der Waals surface area contributed by atoms with Crippen LogP contribution in [0.5, 0.6) is 23.0 Å². The number of fused-ring (bicyclic) bond motifs is 1. The van der Waals surface area contributed by atoms with E-state index in [1.165, 1.54) is 0 Å². The fourth-order valence-electron chi connectivity index (χ4n) is 4.02. The quantitative estimate of drug-likeness (QED) is 0.542. The van der Waals surface area contributed by atoms with E-state index in [4.69, 9.17) is 19.2 Å². The molecule has 0 spiro atoms. The van der Waals surface area contributed by atoms with Gasteiger partial charge in [-0.3, -0.25) is 10.3 Å². The Morgan fingerprint density at radius 1 is 1.03 bits per heavy atom. The predicted molar refractivity (Wildman–Crippen MR) is 121 cm³/mol. The summed E-state index contributed by atoms with van der Waals surface area (Å²) in [7, 11) is 1.65. The standard InChI is InChI=1S/C24H21BrN2O4/c1-29-21-9-7-15(25)11-17(21)24-26-18(14-6-8-22-23(10-14)31-13-30-22)12-19(27-24)16-4-2-3-5-20(16)28/h2-11,19,24,27-28H,12-13H2,1H3/t19-,24-/m1/s1. The third-order valence-electron chi connectivity index (χ3n) is 5.55. The van der Waals surface area contributed by atoms with Crippen molar-refractivity contribution < 1.29 is 19.3 Å². The molecule has 3 aromatic carbocycles. The normalized spacial score (nSPS) is 19.7. The van der Waals surface area contributed by atoms with Crippen molar-refractivity contribution >= 4 is 21.6 Å². The van der Waals surface area contributed by atoms with Crippen molar-refractivity contribution in [3.05, 3.63) is 81.8 Å². The largest absolute Gasteiger partial charge is 0.508 e. The molecular weight excluding hydrogens is 460 g/mol. The van der Waals surface area contributed by atoms with E-state index >= 15 is 0 Å². The molecule has 2 N–H and O–H groups in total. The minimum Gasteiger partial charge on any atom is -0.508 e. The van der Waals surface area contributed by atoms with Crippen LogP contribution >= 0.6 is 15.9 Å². The third kappa shape index (κ3) is 3.86. The van der Waals surface area contributed by atoms with Crippen molar-refractivity contribution in [2.45, 2.75) is 18.6 Å². The fraction of sp³-hybridized carbons (Fsp3) is 0.208. The summed E-state index contributed by atoms with van der Waals surface area (Å²) in [6.07, 6.45) is 0.260. The van der Waals surface area contributed by atoms with E-state index in [0.29, 0.717) is 6.42 Å². The van der Waals surface area contributed by atoms with Gasteiger partial charge < -0.3 is 19.3 Å². The number of nitrogens with one attached hydrogen (secondary N) is 1. The number of phenolic OH excluding ortho intramolecular Hbond substituents is 1. The number of aromatic hydroxyl groups is 1. The van der Waals surface area contributed by atoms with Gasteiger partial charge in [-0.15, -0.1) is 0 Å². The second-order valence-corrected chi connectivity index (χ2v) is 8.33. The Morgan fingerprint density at radius 2 is 1.87 bits per heavy atom. The highest BCUT2D eigenvalue weighted by atomic mass is 79.9. The second kappa shape index (κ2) is 8.24. The van der Waals surface area contributed by atoms with Crippen LogP contribution < -0.4 is 19.5 Å². The highest BCUT2D eigenvalue weighted by Gasteiger charge is 2.30. The highest BCUT2D eigenvalue weighted by molar-refractivity contribution is 9.10. The molecule has 158 valence electrons. The van der Waals surface area contributed by atoms with Gasteiger partial charge in [0.2, 0.25) is 6.79 Å². The predicted octanol–water partition coefficient (Wildman–Crippen LogP) is 5.11. The van der Waals surface area contributed by atoms with Crippen molar-refractivity contribution in [3.8, 4) is 23.0 Å². The van der Waals surface area contributed by atoms with Gasteiger partial charge in [-0.05, 0) is 48.0 Å². The Kier molecular flexibility index (Phi) is 5.29. The summed E-state index contributed by atoms with van der Waals surface area (Å²) in [6, 6.07) is 19.0. The number of benzene rings is 3. The molecule has 2 aliphatic heterocycles. The van der Waals surface area contributed by atoms with Gasteiger partial charge in [0.15, 0.2) is 11.5 Å². The van der Waals surface area contributed by atoms with E-state index in [2.05, 4.69) is 21.2 Å². The number of para-hydroxylation sites is 1. The Bertz CT molecular complexity index is 1160. The van der Waals surface area contributed by atoms with Crippen LogP contribution in [0.1, 0.15) is 35.3 Å². The van der Waals surface area contributed by atoms with E-state index in [9.17, 15) is 5.11 Å². The van der Waals surface area contributed by atoms with Gasteiger partial charge in [0.1, 0.15) is 17.7 Å². The molecule has 3 aromatic rings. The topological polar surface area (TPSA) is 72.3 Å². The number of halogens is 1. The zero-order valence-electron chi connectivity index (χ0n) is 16.8. The summed E-state index contributed by atoms with van der Waals surface area (Å²) >= 11 is 3.56. The van der Waals surface area contributed by atoms with Crippen LogP contribution in [0.15, 0.2) is 70.1 Å². The Labute approximate surface area is 188 Å². The number of hydrogen-bond donors (Lipinski definition) is 2. The molecule has 0 saturated heterocycles. The molecule has 0 fully saturated rings. The Morgan fingerprint density at radius 3 is 2.71 bits per heavy atom. The molecular formula is C24H21BrN2O4. The lowest BCUT2D eigenvalue weighted by Gasteiger charge is -2.31. The first-order valence-electron chi connectivity index (χ1n) is 9.96. The van der Waals surface area contributed by atoms with Gasteiger partial charge in [-0.2, -0.15) is 0 Å². The van der Waals surface area contributed by atoms with E-state index in [1.807, 2.05) is 54.6 Å². The van der Waals surface area contributed by atoms with Crippen molar-refractivity contribution in [2.24, 2.45) is 4.99 Å². The number of rotatable bonds is 4. The van der Waals surface area contributed by atoms with Gasteiger partial charge in [0.25, 0.3) is 0 Å². The number of nitrogens with zero attached hydrogens (tertiary/aromatic N) is 1. The molecule has 0 radical (unpaired) electrons. The van der Waals surface area contributed by atoms with Crippen molar-refractivity contribution in [2.75, 3.05) is 13.9 Å². The summed E-state index contributed by atoms with van der Waals surface area (Å²) in [4.78, 5) is 5.03. The van der Waals surface area contributed by atoms with Crippen LogP contribution in [0.4, 0.5) is 0 Å². The van der Waals surface area contributed by atoms with Gasteiger partial charge in [-0.25, -0.2) is 0 Å². The maximum atomic E-state index is 10.5. The summed E-state index contributed by atoms with van der Waals surface area (Å²) in [5, 5.41) is 14.1. The van der Waals surface area contributed by atoms with E-state index in [-0.39, 0.29) is 24.8 Å². The molecule has 0 aliphatic carbocycles. The van der Waals surface area contributed by atoms with Crippen LogP contribution in [-0.2, 0) is 0 Å². The maximum absolute atomic E-state index is 10.5. The minimum atomic E-state index is -0.355. The minimum absolute atomic E-state index is 0.132. The summed E-state index contributed by atoms with van der Waals surface area (Å²) < 4.78 is 17.6. The molecule has 31 heavy (non-hydrogen) atoms. The molecule has 0 amide bonds. The molecule has 0 saturated carbocycles. The fourth-order valence-corrected chi connectivity index (χ4v) is 4.40. The molecule has 0 unspecified atom stereocenters. The zero-order chi connectivity index (χ0) is 21.4. The molecule has 2 aliphatic rings. The zero-order valence-corrected chi connectivity index (χ0v) is 18.4. The highest BCUT2D eigenvalue weighted by Crippen LogP contribution is 2.39. The second-order valence-electron chi connectivity index (χ2n) is 7.41. The molecule has 7 heteroatoms. The lowest BCUT2D eigenvalue weighted by Crippen LogP contribution is -2.33. The number of methoxy groups -OCH3 is 1. The van der Waals surface area contributed by atoms with E-state index in [0.717, 1.165) is 44.1 Å². The molecule has 0 aromatic heterocycles. The Balaban J connectivity index is 1.60. The summed E-state index contributed by atoms with van der Waals surface area (Å²) in [6.45, 7) is 0.227. The number of aliphatic imine (C=N–C) groups is 1. The Hall–Kier alpha value is -3.03. The average Bonchev–Trinajstić information content (AvgIpc) is 3.27. The van der Waals surface area contributed by atoms with Crippen LogP contribution in [0.25, 0.3) is 0 Å². The first-order chi connectivity index (χ1) is 15.1. The van der Waals surface area contributed by atoms with Gasteiger partial charge >= 0.3 is 0 Å². The number of hydrogen-bond acceptors (Lipinski definition) is 6. The molecule has 5 rings (SSSR count). The van der Waals surface area contributed by atoms with Crippen LogP contribution in [-0.4, -0.2) is 24.7 Å². The van der Waals surface area contributed by atoms with Crippen molar-refractivity contribution in [3.63, 3.8) is 0 Å². The SMILES string of the molecule is COc1ccc(Br)cc1[C@@H]1N=C(c2ccc3c(c2)OCO3)C[C@H](c2ccccc2O)N1. The smallest absolute Gasteiger partial charge is 0.231 e. The molecule has 2 atom stereocenters. The number of phenols is 1. The summed E-state index contributed by atoms with van der Waals surface area (Å²) in [5.74, 6) is 2.45. The van der Waals surface area contributed by atoms with Gasteiger partial charge in [0, 0.05) is 33.8 Å². The van der Waals surface area contributed by atoms with E-state index < -0.39 is 0 Å². The molecule has 0 bridgehead atoms. The third-order valence-corrected chi connectivity index (χ3v) is 6.04. The van der Waals surface area contributed by atoms with Crippen molar-refractivity contribution in [1.82, 2.24) is 5.32 Å². The van der Waals surface area contributed by atoms with Crippen LogP contribution in [0.3, 0.4) is 0 Å². The summed E-state index contributed by atoms with van der Waals surface area (Å²) in [5.41, 5.74) is 3.62. The molecule has 6 nitrogen and oxygen atoms in total. The molecule has 2 heterocycles. The van der Waals surface area contributed by atoms with Crippen molar-refractivity contribution in [1.29, 1.82) is 0 Å². The first-order valence-corrected chi connectivity index (χ1v) is 10.8. The lowest BCUT2D eigenvalue weighted by molar-refractivity contribution is 0.174. The van der Waals surface area contributed by atoms with Crippen LogP contribution in [0.2, 0.25) is 0 Å². The average molecular weight is 481 g/mol. The van der Waals surface area contributed by atoms with Gasteiger partial charge in [0.05, 0.1) is 7.11 Å². The first kappa shape index (κ1) is 19.9. The van der Waals surface area contributed by atoms with Crippen LogP contribution in [0, 0.1) is 0 Å². The monoisotopic (exact) mass is 480 g/mol. The van der Waals surface area contributed by atoms with Gasteiger partial charge in [-0.1, -0.05) is 34.1 Å². The lowest BCUT2D eigenvalue weighted by atomic mass is 9.93.